The molecule has 0 atom stereocenters. The van der Waals surface area contributed by atoms with E-state index in [2.05, 4.69) is 5.32 Å². The highest BCUT2D eigenvalue weighted by Crippen LogP contribution is 2.27. The van der Waals surface area contributed by atoms with Crippen molar-refractivity contribution in [2.45, 2.75) is 20.3 Å². The van der Waals surface area contributed by atoms with Crippen LogP contribution in [0.25, 0.3) is 17.4 Å². The average molecular weight is 390 g/mol. The van der Waals surface area contributed by atoms with Crippen molar-refractivity contribution in [1.82, 2.24) is 5.32 Å². The molecule has 1 aliphatic rings. The average Bonchev–Trinajstić information content (AvgIpc) is 3.18. The van der Waals surface area contributed by atoms with Crippen LogP contribution in [0.3, 0.4) is 0 Å². The monoisotopic (exact) mass is 390 g/mol. The van der Waals surface area contributed by atoms with Gasteiger partial charge in [0.15, 0.2) is 0 Å². The van der Waals surface area contributed by atoms with Gasteiger partial charge in [-0.1, -0.05) is 19.1 Å². The van der Waals surface area contributed by atoms with E-state index in [9.17, 15) is 14.4 Å². The summed E-state index contributed by atoms with van der Waals surface area (Å²) < 4.78 is 10.9. The van der Waals surface area contributed by atoms with Gasteiger partial charge in [-0.05, 0) is 49.3 Å². The van der Waals surface area contributed by atoms with Crippen molar-refractivity contribution in [3.8, 4) is 17.4 Å². The van der Waals surface area contributed by atoms with E-state index in [0.29, 0.717) is 29.3 Å². The summed E-state index contributed by atoms with van der Waals surface area (Å²) in [6.07, 6.45) is 2.24. The molecule has 1 aromatic carbocycles. The number of benzene rings is 1. The lowest BCUT2D eigenvalue weighted by atomic mass is 9.96. The molecule has 0 saturated carbocycles. The van der Waals surface area contributed by atoms with Crippen LogP contribution in [0.15, 0.2) is 57.5 Å². The number of nitrogens with zero attached hydrogens (tertiary/aromatic N) is 1. The maximum absolute atomic E-state index is 12.1. The van der Waals surface area contributed by atoms with E-state index in [1.165, 1.54) is 6.08 Å². The van der Waals surface area contributed by atoms with Gasteiger partial charge in [0.05, 0.1) is 12.2 Å². The smallest absolute Gasteiger partial charge is 0.338 e. The Hall–Kier alpha value is -3.92. The van der Waals surface area contributed by atoms with Crippen LogP contribution < -0.4 is 5.32 Å². The van der Waals surface area contributed by atoms with E-state index >= 15 is 0 Å². The molecule has 0 spiro atoms. The summed E-state index contributed by atoms with van der Waals surface area (Å²) >= 11 is 0. The molecule has 1 N–H and O–H groups in total. The Kier molecular flexibility index (Phi) is 5.74. The number of carbonyl (C=O) groups is 3. The topological polar surface area (TPSA) is 109 Å². The summed E-state index contributed by atoms with van der Waals surface area (Å²) in [6.45, 7) is 3.84. The summed E-state index contributed by atoms with van der Waals surface area (Å²) in [4.78, 5) is 35.6. The summed E-state index contributed by atoms with van der Waals surface area (Å²) in [5.74, 6) is -0.733. The van der Waals surface area contributed by atoms with Crippen molar-refractivity contribution in [1.29, 1.82) is 5.26 Å². The van der Waals surface area contributed by atoms with Crippen LogP contribution in [0.1, 0.15) is 36.4 Å². The van der Waals surface area contributed by atoms with Crippen molar-refractivity contribution < 1.29 is 23.5 Å². The largest absolute Gasteiger partial charge is 0.462 e. The number of nitriles is 1. The van der Waals surface area contributed by atoms with E-state index in [1.807, 2.05) is 6.92 Å². The Labute approximate surface area is 167 Å². The van der Waals surface area contributed by atoms with Crippen LogP contribution in [-0.2, 0) is 14.3 Å². The summed E-state index contributed by atoms with van der Waals surface area (Å²) in [6, 6.07) is 12.0. The first-order valence-electron chi connectivity index (χ1n) is 9.00. The van der Waals surface area contributed by atoms with E-state index in [-0.39, 0.29) is 17.1 Å². The second-order valence-corrected chi connectivity index (χ2v) is 6.37. The molecular weight excluding hydrogens is 372 g/mol. The standard InChI is InChI=1S/C22H18N2O5/c1-3-10-28-22(27)15-6-4-14(5-7-15)19-9-8-16(29-19)11-17-13(2)18(12-23)21(26)24-20(17)25/h4-9,11H,3,10H2,1-2H3,(H,24,25,26)/b17-11-. The van der Waals surface area contributed by atoms with Gasteiger partial charge >= 0.3 is 5.97 Å². The predicted molar refractivity (Wildman–Crippen MR) is 104 cm³/mol. The predicted octanol–water partition coefficient (Wildman–Crippen LogP) is 3.39. The van der Waals surface area contributed by atoms with Crippen molar-refractivity contribution in [3.63, 3.8) is 0 Å². The highest BCUT2D eigenvalue weighted by Gasteiger charge is 2.27. The molecule has 2 amide bonds. The Morgan fingerprint density at radius 2 is 1.90 bits per heavy atom. The number of imide groups is 1. The van der Waals surface area contributed by atoms with E-state index in [0.717, 1.165) is 12.0 Å². The number of ether oxygens (including phenoxy) is 1. The molecule has 2 aromatic rings. The highest BCUT2D eigenvalue weighted by atomic mass is 16.5. The van der Waals surface area contributed by atoms with Gasteiger partial charge in [-0.2, -0.15) is 5.26 Å². The minimum absolute atomic E-state index is 0.104. The molecule has 0 unspecified atom stereocenters. The minimum Gasteiger partial charge on any atom is -0.462 e. The van der Waals surface area contributed by atoms with E-state index in [4.69, 9.17) is 14.4 Å². The summed E-state index contributed by atoms with van der Waals surface area (Å²) in [5.41, 5.74) is 1.58. The Morgan fingerprint density at radius 1 is 1.17 bits per heavy atom. The third-order valence-electron chi connectivity index (χ3n) is 4.35. The molecule has 146 valence electrons. The van der Waals surface area contributed by atoms with Gasteiger partial charge in [-0.25, -0.2) is 4.79 Å². The van der Waals surface area contributed by atoms with E-state index in [1.54, 1.807) is 49.4 Å². The third kappa shape index (κ3) is 4.17. The highest BCUT2D eigenvalue weighted by molar-refractivity contribution is 6.19. The fraction of sp³-hybridized carbons (Fsp3) is 0.182. The lowest BCUT2D eigenvalue weighted by Gasteiger charge is -2.15. The lowest BCUT2D eigenvalue weighted by molar-refractivity contribution is -0.126. The molecule has 0 aliphatic carbocycles. The fourth-order valence-electron chi connectivity index (χ4n) is 2.79. The second-order valence-electron chi connectivity index (χ2n) is 6.37. The van der Waals surface area contributed by atoms with Gasteiger partial charge in [0, 0.05) is 11.1 Å². The molecule has 1 aliphatic heterocycles. The van der Waals surface area contributed by atoms with Crippen molar-refractivity contribution >= 4 is 23.9 Å². The summed E-state index contributed by atoms with van der Waals surface area (Å²) in [7, 11) is 0. The van der Waals surface area contributed by atoms with Crippen LogP contribution in [-0.4, -0.2) is 24.4 Å². The van der Waals surface area contributed by atoms with Crippen molar-refractivity contribution in [2.75, 3.05) is 6.61 Å². The SMILES string of the molecule is CCCOC(=O)c1ccc(-c2ccc(/C=C3\C(=O)NC(=O)C(C#N)=C3C)o2)cc1. The molecule has 1 aromatic heterocycles. The third-order valence-corrected chi connectivity index (χ3v) is 4.35. The van der Waals surface area contributed by atoms with Crippen LogP contribution >= 0.6 is 0 Å². The van der Waals surface area contributed by atoms with Crippen LogP contribution in [0.2, 0.25) is 0 Å². The molecule has 29 heavy (non-hydrogen) atoms. The first-order chi connectivity index (χ1) is 13.9. The van der Waals surface area contributed by atoms with E-state index < -0.39 is 11.8 Å². The van der Waals surface area contributed by atoms with Gasteiger partial charge in [-0.15, -0.1) is 0 Å². The lowest BCUT2D eigenvalue weighted by Crippen LogP contribution is -2.37. The Morgan fingerprint density at radius 3 is 2.55 bits per heavy atom. The van der Waals surface area contributed by atoms with Crippen LogP contribution in [0.4, 0.5) is 0 Å². The number of amides is 2. The van der Waals surface area contributed by atoms with Gasteiger partial charge in [-0.3, -0.25) is 14.9 Å². The summed E-state index contributed by atoms with van der Waals surface area (Å²) in [5, 5.41) is 11.2. The molecule has 7 heteroatoms. The number of nitrogens with one attached hydrogen (secondary N) is 1. The minimum atomic E-state index is -0.704. The van der Waals surface area contributed by atoms with Gasteiger partial charge in [0.1, 0.15) is 23.2 Å². The zero-order valence-electron chi connectivity index (χ0n) is 15.9. The number of rotatable bonds is 5. The van der Waals surface area contributed by atoms with Gasteiger partial charge < -0.3 is 9.15 Å². The molecule has 7 nitrogen and oxygen atoms in total. The van der Waals surface area contributed by atoms with Gasteiger partial charge in [0.25, 0.3) is 11.8 Å². The zero-order valence-corrected chi connectivity index (χ0v) is 15.9. The Balaban J connectivity index is 1.84. The van der Waals surface area contributed by atoms with Crippen molar-refractivity contribution in [3.05, 3.63) is 64.4 Å². The first kappa shape index (κ1) is 19.8. The number of carbonyl (C=O) groups excluding carboxylic acids is 3. The first-order valence-corrected chi connectivity index (χ1v) is 9.00. The molecule has 0 saturated heterocycles. The number of hydrogen-bond acceptors (Lipinski definition) is 6. The van der Waals surface area contributed by atoms with Crippen LogP contribution in [0.5, 0.6) is 0 Å². The molecular formula is C22H18N2O5. The van der Waals surface area contributed by atoms with Gasteiger partial charge in [0.2, 0.25) is 0 Å². The maximum Gasteiger partial charge on any atom is 0.338 e. The molecule has 2 heterocycles. The maximum atomic E-state index is 12.1. The fourth-order valence-corrected chi connectivity index (χ4v) is 2.79. The number of hydrogen-bond donors (Lipinski definition) is 1. The molecule has 0 bridgehead atoms. The second kappa shape index (κ2) is 8.40. The van der Waals surface area contributed by atoms with Crippen molar-refractivity contribution in [2.24, 2.45) is 0 Å². The zero-order chi connectivity index (χ0) is 21.0. The quantitative estimate of drug-likeness (QED) is 0.476. The normalized spacial score (nSPS) is 15.3. The molecule has 3 rings (SSSR count). The van der Waals surface area contributed by atoms with Crippen LogP contribution in [0, 0.1) is 11.3 Å². The molecule has 0 fully saturated rings. The molecule has 0 radical (unpaired) electrons. The Bertz CT molecular complexity index is 1080. The number of esters is 1. The number of furan rings is 1.